The summed E-state index contributed by atoms with van der Waals surface area (Å²) in [6, 6.07) is 17.2. The van der Waals surface area contributed by atoms with Gasteiger partial charge in [0.15, 0.2) is 5.13 Å². The van der Waals surface area contributed by atoms with Gasteiger partial charge < -0.3 is 10.1 Å². The molecule has 140 valence electrons. The van der Waals surface area contributed by atoms with Crippen LogP contribution in [0.1, 0.15) is 20.3 Å². The summed E-state index contributed by atoms with van der Waals surface area (Å²) in [6.07, 6.45) is 0.834. The van der Waals surface area contributed by atoms with Crippen molar-refractivity contribution in [2.24, 2.45) is 0 Å². The summed E-state index contributed by atoms with van der Waals surface area (Å²) in [5.41, 5.74) is 2.57. The number of nitrogens with zero attached hydrogens (tertiary/aromatic N) is 2. The Kier molecular flexibility index (Phi) is 6.44. The fraction of sp³-hybridized carbons (Fsp3) is 0.238. The molecule has 0 bridgehead atoms. The molecule has 0 atom stereocenters. The average Bonchev–Trinajstić information content (AvgIpc) is 3.18. The van der Waals surface area contributed by atoms with Gasteiger partial charge >= 0.3 is 6.03 Å². The van der Waals surface area contributed by atoms with Gasteiger partial charge in [0.25, 0.3) is 0 Å². The molecule has 0 fully saturated rings. The van der Waals surface area contributed by atoms with E-state index in [-0.39, 0.29) is 6.03 Å². The smallest absolute Gasteiger partial charge is 0.328 e. The highest BCUT2D eigenvalue weighted by Gasteiger charge is 2.20. The number of amides is 2. The Morgan fingerprint density at radius 3 is 2.59 bits per heavy atom. The molecule has 3 aromatic rings. The molecule has 6 heteroatoms. The van der Waals surface area contributed by atoms with Crippen LogP contribution in [0.3, 0.4) is 0 Å². The van der Waals surface area contributed by atoms with Gasteiger partial charge in [-0.3, -0.25) is 4.90 Å². The summed E-state index contributed by atoms with van der Waals surface area (Å²) in [5, 5.41) is 5.62. The number of nitrogens with one attached hydrogen (secondary N) is 1. The maximum Gasteiger partial charge on any atom is 0.328 e. The quantitative estimate of drug-likeness (QED) is 0.575. The van der Waals surface area contributed by atoms with Gasteiger partial charge in [-0.15, -0.1) is 11.3 Å². The standard InChI is InChI=1S/C21H23N3O2S/c1-3-14-24(20(25)22-17-12-8-9-13-19(17)26-4-2)21-23-18(15-27-21)16-10-6-5-7-11-16/h5-13,15H,3-4,14H2,1-2H3,(H,22,25). The van der Waals surface area contributed by atoms with E-state index in [2.05, 4.69) is 10.3 Å². The second-order valence-electron chi connectivity index (χ2n) is 5.89. The third-order valence-corrected chi connectivity index (χ3v) is 4.78. The predicted octanol–water partition coefficient (Wildman–Crippen LogP) is 5.66. The maximum absolute atomic E-state index is 12.9. The minimum absolute atomic E-state index is 0.210. The zero-order valence-corrected chi connectivity index (χ0v) is 16.3. The first-order valence-electron chi connectivity index (χ1n) is 9.04. The third kappa shape index (κ3) is 4.65. The van der Waals surface area contributed by atoms with Crippen molar-refractivity contribution in [2.75, 3.05) is 23.4 Å². The van der Waals surface area contributed by atoms with Crippen LogP contribution in [-0.2, 0) is 0 Å². The van der Waals surface area contributed by atoms with E-state index in [0.29, 0.717) is 29.7 Å². The van der Waals surface area contributed by atoms with Gasteiger partial charge in [0.05, 0.1) is 18.0 Å². The molecule has 0 aliphatic heterocycles. The van der Waals surface area contributed by atoms with Crippen molar-refractivity contribution in [3.05, 3.63) is 60.0 Å². The van der Waals surface area contributed by atoms with Gasteiger partial charge in [0.1, 0.15) is 5.75 Å². The van der Waals surface area contributed by atoms with Gasteiger partial charge in [0, 0.05) is 17.5 Å². The first kappa shape index (κ1) is 18.9. The van der Waals surface area contributed by atoms with Gasteiger partial charge in [-0.25, -0.2) is 9.78 Å². The minimum Gasteiger partial charge on any atom is -0.492 e. The Bertz CT molecular complexity index is 880. The number of aromatic nitrogens is 1. The molecule has 0 aliphatic carbocycles. The maximum atomic E-state index is 12.9. The molecule has 0 spiro atoms. The van der Waals surface area contributed by atoms with Crippen LogP contribution in [0.5, 0.6) is 5.75 Å². The van der Waals surface area contributed by atoms with Crippen molar-refractivity contribution in [1.29, 1.82) is 0 Å². The Labute approximate surface area is 163 Å². The van der Waals surface area contributed by atoms with E-state index in [1.165, 1.54) is 11.3 Å². The average molecular weight is 382 g/mol. The summed E-state index contributed by atoms with van der Waals surface area (Å²) in [5.74, 6) is 0.661. The largest absolute Gasteiger partial charge is 0.492 e. The molecule has 0 aliphatic rings. The van der Waals surface area contributed by atoms with Crippen LogP contribution in [0, 0.1) is 0 Å². The molecule has 1 N–H and O–H groups in total. The number of hydrogen-bond donors (Lipinski definition) is 1. The van der Waals surface area contributed by atoms with Crippen LogP contribution in [0.2, 0.25) is 0 Å². The number of carbonyl (C=O) groups excluding carboxylic acids is 1. The number of hydrogen-bond acceptors (Lipinski definition) is 4. The third-order valence-electron chi connectivity index (χ3n) is 3.91. The topological polar surface area (TPSA) is 54.5 Å². The highest BCUT2D eigenvalue weighted by molar-refractivity contribution is 7.14. The summed E-state index contributed by atoms with van der Waals surface area (Å²) in [4.78, 5) is 19.3. The minimum atomic E-state index is -0.210. The molecule has 0 unspecified atom stereocenters. The number of urea groups is 1. The number of benzene rings is 2. The highest BCUT2D eigenvalue weighted by atomic mass is 32.1. The van der Waals surface area contributed by atoms with Crippen LogP contribution < -0.4 is 15.0 Å². The first-order chi connectivity index (χ1) is 13.2. The van der Waals surface area contributed by atoms with Crippen LogP contribution in [0.25, 0.3) is 11.3 Å². The Balaban J connectivity index is 1.81. The summed E-state index contributed by atoms with van der Waals surface area (Å²) in [6.45, 7) is 5.09. The molecule has 0 saturated heterocycles. The normalized spacial score (nSPS) is 10.4. The number of anilines is 2. The number of para-hydroxylation sites is 2. The molecule has 1 aromatic heterocycles. The molecule has 5 nitrogen and oxygen atoms in total. The Hall–Kier alpha value is -2.86. The zero-order chi connectivity index (χ0) is 19.1. The molecule has 0 radical (unpaired) electrons. The van der Waals surface area contributed by atoms with E-state index in [0.717, 1.165) is 17.7 Å². The number of thiazole rings is 1. The Morgan fingerprint density at radius 2 is 1.85 bits per heavy atom. The second kappa shape index (κ2) is 9.19. The number of ether oxygens (including phenoxy) is 1. The molecule has 3 rings (SSSR count). The molecule has 0 saturated carbocycles. The van der Waals surface area contributed by atoms with Crippen molar-refractivity contribution in [2.45, 2.75) is 20.3 Å². The van der Waals surface area contributed by atoms with E-state index in [1.807, 2.05) is 73.8 Å². The predicted molar refractivity (Wildman–Crippen MR) is 112 cm³/mol. The van der Waals surface area contributed by atoms with Crippen molar-refractivity contribution >= 4 is 28.2 Å². The molecule has 27 heavy (non-hydrogen) atoms. The lowest BCUT2D eigenvalue weighted by Gasteiger charge is -2.20. The van der Waals surface area contributed by atoms with Crippen molar-refractivity contribution in [1.82, 2.24) is 4.98 Å². The lowest BCUT2D eigenvalue weighted by Crippen LogP contribution is -2.35. The first-order valence-corrected chi connectivity index (χ1v) is 9.92. The lowest BCUT2D eigenvalue weighted by molar-refractivity contribution is 0.256. The van der Waals surface area contributed by atoms with E-state index in [1.54, 1.807) is 4.90 Å². The van der Waals surface area contributed by atoms with E-state index in [9.17, 15) is 4.79 Å². The number of rotatable bonds is 7. The van der Waals surface area contributed by atoms with Crippen molar-refractivity contribution in [3.63, 3.8) is 0 Å². The van der Waals surface area contributed by atoms with Gasteiger partial charge in [-0.05, 0) is 25.5 Å². The summed E-state index contributed by atoms with van der Waals surface area (Å²) >= 11 is 1.47. The zero-order valence-electron chi connectivity index (χ0n) is 15.5. The molecule has 1 heterocycles. The summed E-state index contributed by atoms with van der Waals surface area (Å²) in [7, 11) is 0. The van der Waals surface area contributed by atoms with Crippen LogP contribution >= 0.6 is 11.3 Å². The molecular weight excluding hydrogens is 358 g/mol. The molecule has 2 aromatic carbocycles. The van der Waals surface area contributed by atoms with Gasteiger partial charge in [0.2, 0.25) is 0 Å². The monoisotopic (exact) mass is 381 g/mol. The SMILES string of the molecule is CCCN(C(=O)Nc1ccccc1OCC)c1nc(-c2ccccc2)cs1. The Morgan fingerprint density at radius 1 is 1.11 bits per heavy atom. The van der Waals surface area contributed by atoms with Crippen LogP contribution in [0.4, 0.5) is 15.6 Å². The van der Waals surface area contributed by atoms with E-state index >= 15 is 0 Å². The highest BCUT2D eigenvalue weighted by Crippen LogP contribution is 2.29. The fourth-order valence-corrected chi connectivity index (χ4v) is 3.53. The lowest BCUT2D eigenvalue weighted by atomic mass is 10.2. The van der Waals surface area contributed by atoms with E-state index in [4.69, 9.17) is 4.74 Å². The van der Waals surface area contributed by atoms with E-state index < -0.39 is 0 Å². The van der Waals surface area contributed by atoms with Gasteiger partial charge in [-0.1, -0.05) is 49.4 Å². The summed E-state index contributed by atoms with van der Waals surface area (Å²) < 4.78 is 5.60. The van der Waals surface area contributed by atoms with Crippen molar-refractivity contribution < 1.29 is 9.53 Å². The second-order valence-corrected chi connectivity index (χ2v) is 6.73. The number of carbonyl (C=O) groups is 1. The van der Waals surface area contributed by atoms with Gasteiger partial charge in [-0.2, -0.15) is 0 Å². The van der Waals surface area contributed by atoms with Crippen LogP contribution in [0.15, 0.2) is 60.0 Å². The van der Waals surface area contributed by atoms with Crippen molar-refractivity contribution in [3.8, 4) is 17.0 Å². The molecular formula is C21H23N3O2S. The van der Waals surface area contributed by atoms with Crippen LogP contribution in [-0.4, -0.2) is 24.2 Å². The fourth-order valence-electron chi connectivity index (χ4n) is 2.67. The molecule has 2 amide bonds.